The lowest BCUT2D eigenvalue weighted by atomic mass is 9.94. The van der Waals surface area contributed by atoms with Gasteiger partial charge < -0.3 is 10.6 Å². The summed E-state index contributed by atoms with van der Waals surface area (Å²) in [4.78, 5) is 13.0. The van der Waals surface area contributed by atoms with Crippen LogP contribution in [0.25, 0.3) is 0 Å². The Balaban J connectivity index is 0.00000225. The Labute approximate surface area is 154 Å². The van der Waals surface area contributed by atoms with Crippen molar-refractivity contribution < 1.29 is 4.79 Å². The summed E-state index contributed by atoms with van der Waals surface area (Å²) in [6.07, 6.45) is 1.63. The SMILES string of the molecule is Cc1nnnn1C(Cc1ccccc1)C(=O)NC1CNCCC1C.Cl. The fourth-order valence-electron chi connectivity index (χ4n) is 3.12. The van der Waals surface area contributed by atoms with Crippen LogP contribution in [0.15, 0.2) is 30.3 Å². The minimum atomic E-state index is -0.448. The number of halogens is 1. The Bertz CT molecular complexity index is 677. The van der Waals surface area contributed by atoms with E-state index < -0.39 is 6.04 Å². The average molecular weight is 365 g/mol. The monoisotopic (exact) mass is 364 g/mol. The van der Waals surface area contributed by atoms with Crippen LogP contribution in [-0.4, -0.2) is 45.2 Å². The first-order valence-electron chi connectivity index (χ1n) is 8.44. The summed E-state index contributed by atoms with van der Waals surface area (Å²) in [5.74, 6) is 1.07. The zero-order valence-corrected chi connectivity index (χ0v) is 15.4. The van der Waals surface area contributed by atoms with Gasteiger partial charge in [0.2, 0.25) is 5.91 Å². The van der Waals surface area contributed by atoms with Crippen LogP contribution in [0.1, 0.15) is 30.8 Å². The van der Waals surface area contributed by atoms with E-state index in [1.54, 1.807) is 4.68 Å². The molecule has 1 aliphatic heterocycles. The minimum Gasteiger partial charge on any atom is -0.350 e. The molecule has 7 nitrogen and oxygen atoms in total. The molecule has 1 aromatic heterocycles. The molecule has 3 unspecified atom stereocenters. The third-order valence-corrected chi connectivity index (χ3v) is 4.68. The number of aryl methyl sites for hydroxylation is 1. The van der Waals surface area contributed by atoms with Gasteiger partial charge in [-0.3, -0.25) is 4.79 Å². The number of carbonyl (C=O) groups excluding carboxylic acids is 1. The van der Waals surface area contributed by atoms with E-state index in [0.717, 1.165) is 25.1 Å². The number of nitrogens with zero attached hydrogens (tertiary/aromatic N) is 4. The maximum Gasteiger partial charge on any atom is 0.245 e. The van der Waals surface area contributed by atoms with Crippen molar-refractivity contribution in [1.29, 1.82) is 0 Å². The van der Waals surface area contributed by atoms with E-state index >= 15 is 0 Å². The van der Waals surface area contributed by atoms with Gasteiger partial charge in [-0.15, -0.1) is 17.5 Å². The number of tetrazole rings is 1. The molecule has 25 heavy (non-hydrogen) atoms. The predicted octanol–water partition coefficient (Wildman–Crippen LogP) is 1.30. The maximum absolute atomic E-state index is 13.0. The Morgan fingerprint density at radius 1 is 1.40 bits per heavy atom. The van der Waals surface area contributed by atoms with Crippen molar-refractivity contribution in [1.82, 2.24) is 30.8 Å². The molecule has 3 atom stereocenters. The molecule has 136 valence electrons. The number of piperidine rings is 1. The number of amides is 1. The first-order valence-corrected chi connectivity index (χ1v) is 8.44. The normalized spacial score (nSPS) is 21.2. The van der Waals surface area contributed by atoms with E-state index in [1.165, 1.54) is 0 Å². The van der Waals surface area contributed by atoms with Crippen molar-refractivity contribution >= 4 is 18.3 Å². The van der Waals surface area contributed by atoms with Crippen LogP contribution in [0.2, 0.25) is 0 Å². The number of nitrogens with one attached hydrogen (secondary N) is 2. The minimum absolute atomic E-state index is 0. The second-order valence-corrected chi connectivity index (χ2v) is 6.46. The van der Waals surface area contributed by atoms with E-state index in [2.05, 4.69) is 33.1 Å². The topological polar surface area (TPSA) is 84.7 Å². The molecule has 1 aromatic carbocycles. The molecule has 0 saturated carbocycles. The summed E-state index contributed by atoms with van der Waals surface area (Å²) in [6, 6.07) is 9.65. The standard InChI is InChI=1S/C17H24N6O.ClH/c1-12-8-9-18-11-15(12)19-17(24)16(23-13(2)20-21-22-23)10-14-6-4-3-5-7-14;/h3-7,12,15-16,18H,8-11H2,1-2H3,(H,19,24);1H. The highest BCUT2D eigenvalue weighted by molar-refractivity contribution is 5.85. The van der Waals surface area contributed by atoms with Crippen molar-refractivity contribution in [3.8, 4) is 0 Å². The highest BCUT2D eigenvalue weighted by Gasteiger charge is 2.29. The first-order chi connectivity index (χ1) is 11.6. The van der Waals surface area contributed by atoms with Gasteiger partial charge in [-0.05, 0) is 41.8 Å². The van der Waals surface area contributed by atoms with E-state index in [9.17, 15) is 4.79 Å². The van der Waals surface area contributed by atoms with Crippen molar-refractivity contribution in [2.45, 2.75) is 38.8 Å². The first kappa shape index (κ1) is 19.3. The lowest BCUT2D eigenvalue weighted by molar-refractivity contribution is -0.125. The lowest BCUT2D eigenvalue weighted by Crippen LogP contribution is -2.52. The fourth-order valence-corrected chi connectivity index (χ4v) is 3.12. The van der Waals surface area contributed by atoms with Crippen LogP contribution in [0.3, 0.4) is 0 Å². The van der Waals surface area contributed by atoms with Crippen molar-refractivity contribution in [3.05, 3.63) is 41.7 Å². The summed E-state index contributed by atoms with van der Waals surface area (Å²) < 4.78 is 1.61. The highest BCUT2D eigenvalue weighted by Crippen LogP contribution is 2.17. The summed E-state index contributed by atoms with van der Waals surface area (Å²) in [5, 5.41) is 18.2. The Hall–Kier alpha value is -1.99. The third kappa shape index (κ3) is 4.76. The van der Waals surface area contributed by atoms with Crippen LogP contribution < -0.4 is 10.6 Å². The zero-order valence-electron chi connectivity index (χ0n) is 14.6. The van der Waals surface area contributed by atoms with E-state index in [0.29, 0.717) is 18.2 Å². The summed E-state index contributed by atoms with van der Waals surface area (Å²) in [5.41, 5.74) is 1.09. The van der Waals surface area contributed by atoms with E-state index in [4.69, 9.17) is 0 Å². The molecule has 2 N–H and O–H groups in total. The number of aromatic nitrogens is 4. The van der Waals surface area contributed by atoms with E-state index in [1.807, 2.05) is 37.3 Å². The summed E-state index contributed by atoms with van der Waals surface area (Å²) in [6.45, 7) is 5.81. The lowest BCUT2D eigenvalue weighted by Gasteiger charge is -2.31. The van der Waals surface area contributed by atoms with Gasteiger partial charge in [-0.1, -0.05) is 37.3 Å². The highest BCUT2D eigenvalue weighted by atomic mass is 35.5. The molecular formula is C17H25ClN6O. The number of benzene rings is 1. The Morgan fingerprint density at radius 3 is 2.80 bits per heavy atom. The van der Waals surface area contributed by atoms with Crippen molar-refractivity contribution in [2.75, 3.05) is 13.1 Å². The van der Waals surface area contributed by atoms with Crippen LogP contribution in [-0.2, 0) is 11.2 Å². The van der Waals surface area contributed by atoms with Gasteiger partial charge in [-0.2, -0.15) is 0 Å². The third-order valence-electron chi connectivity index (χ3n) is 4.68. The molecule has 2 aromatic rings. The molecule has 8 heteroatoms. The molecule has 0 bridgehead atoms. The summed E-state index contributed by atoms with van der Waals surface area (Å²) >= 11 is 0. The average Bonchev–Trinajstić information content (AvgIpc) is 3.01. The second kappa shape index (κ2) is 8.92. The molecule has 1 aliphatic rings. The van der Waals surface area contributed by atoms with Gasteiger partial charge in [0.1, 0.15) is 11.9 Å². The van der Waals surface area contributed by atoms with E-state index in [-0.39, 0.29) is 24.4 Å². The molecule has 0 radical (unpaired) electrons. The number of hydrogen-bond acceptors (Lipinski definition) is 5. The summed E-state index contributed by atoms with van der Waals surface area (Å²) in [7, 11) is 0. The van der Waals surface area contributed by atoms with Gasteiger partial charge in [0, 0.05) is 19.0 Å². The Morgan fingerprint density at radius 2 is 2.16 bits per heavy atom. The maximum atomic E-state index is 13.0. The molecule has 1 saturated heterocycles. The van der Waals surface area contributed by atoms with Gasteiger partial charge in [0.15, 0.2) is 0 Å². The van der Waals surface area contributed by atoms with Gasteiger partial charge >= 0.3 is 0 Å². The number of carbonyl (C=O) groups is 1. The molecule has 3 rings (SSSR count). The Kier molecular flexibility index (Phi) is 6.90. The predicted molar refractivity (Wildman–Crippen MR) is 97.6 cm³/mol. The number of rotatable bonds is 5. The van der Waals surface area contributed by atoms with Crippen molar-refractivity contribution in [2.24, 2.45) is 5.92 Å². The quantitative estimate of drug-likeness (QED) is 0.835. The van der Waals surface area contributed by atoms with Gasteiger partial charge in [-0.25, -0.2) is 4.68 Å². The van der Waals surface area contributed by atoms with Gasteiger partial charge in [0.25, 0.3) is 0 Å². The number of hydrogen-bond donors (Lipinski definition) is 2. The van der Waals surface area contributed by atoms with Crippen LogP contribution >= 0.6 is 12.4 Å². The van der Waals surface area contributed by atoms with Crippen LogP contribution in [0.5, 0.6) is 0 Å². The molecule has 1 fully saturated rings. The largest absolute Gasteiger partial charge is 0.350 e. The van der Waals surface area contributed by atoms with Crippen LogP contribution in [0, 0.1) is 12.8 Å². The molecule has 0 spiro atoms. The second-order valence-electron chi connectivity index (χ2n) is 6.46. The van der Waals surface area contributed by atoms with Gasteiger partial charge in [0.05, 0.1) is 0 Å². The molecular weight excluding hydrogens is 340 g/mol. The smallest absolute Gasteiger partial charge is 0.245 e. The molecule has 2 heterocycles. The molecule has 0 aliphatic carbocycles. The zero-order chi connectivity index (χ0) is 16.9. The van der Waals surface area contributed by atoms with Crippen LogP contribution in [0.4, 0.5) is 0 Å². The fraction of sp³-hybridized carbons (Fsp3) is 0.529. The van der Waals surface area contributed by atoms with Crippen molar-refractivity contribution in [3.63, 3.8) is 0 Å². The molecule has 1 amide bonds.